The van der Waals surface area contributed by atoms with Crippen molar-refractivity contribution in [3.8, 4) is 0 Å². The number of aromatic nitrogens is 1. The summed E-state index contributed by atoms with van der Waals surface area (Å²) in [6.45, 7) is -0.861. The molecule has 6 nitrogen and oxygen atoms in total. The molecular weight excluding hydrogens is 409 g/mol. The van der Waals surface area contributed by atoms with Crippen molar-refractivity contribution < 1.29 is 31.8 Å². The van der Waals surface area contributed by atoms with E-state index in [-0.39, 0.29) is 5.03 Å². The highest BCUT2D eigenvalue weighted by atomic mass is 32.2. The fraction of sp³-hybridized carbons (Fsp3) is 0.211. The summed E-state index contributed by atoms with van der Waals surface area (Å²) in [6.07, 6.45) is -0.0742. The number of aliphatic hydroxyl groups is 2. The molecule has 4 N–H and O–H groups in total. The zero-order valence-electron chi connectivity index (χ0n) is 14.9. The summed E-state index contributed by atoms with van der Waals surface area (Å²) in [5.74, 6) is 0. The molecule has 0 spiro atoms. The minimum Gasteiger partial charge on any atom is -0.395 e. The maximum atomic E-state index is 12.8. The Bertz CT molecular complexity index is 1070. The number of rotatable bonds is 5. The van der Waals surface area contributed by atoms with Gasteiger partial charge in [0.15, 0.2) is 5.03 Å². The molecular formula is C19H17F3N2O4S. The van der Waals surface area contributed by atoms with E-state index in [1.54, 1.807) is 12.2 Å². The van der Waals surface area contributed by atoms with Gasteiger partial charge in [-0.25, -0.2) is 18.5 Å². The van der Waals surface area contributed by atoms with E-state index in [9.17, 15) is 31.8 Å². The predicted octanol–water partition coefficient (Wildman–Crippen LogP) is 2.20. The Hall–Kier alpha value is -2.53. The molecule has 0 saturated carbocycles. The van der Waals surface area contributed by atoms with Crippen molar-refractivity contribution >= 4 is 21.2 Å². The third-order valence-electron chi connectivity index (χ3n) is 4.60. The Morgan fingerprint density at radius 1 is 0.931 bits per heavy atom. The molecule has 1 aromatic carbocycles. The normalized spacial score (nSPS) is 16.5. The molecule has 29 heavy (non-hydrogen) atoms. The van der Waals surface area contributed by atoms with Crippen molar-refractivity contribution in [2.75, 3.05) is 13.2 Å². The van der Waals surface area contributed by atoms with Gasteiger partial charge in [0.2, 0.25) is 0 Å². The second kappa shape index (κ2) is 7.38. The molecule has 0 atom stereocenters. The molecule has 0 bridgehead atoms. The summed E-state index contributed by atoms with van der Waals surface area (Å²) >= 11 is 0. The zero-order chi connectivity index (χ0) is 21.4. The van der Waals surface area contributed by atoms with Crippen LogP contribution in [0.3, 0.4) is 0 Å². The van der Waals surface area contributed by atoms with Crippen molar-refractivity contribution in [1.82, 2.24) is 4.98 Å². The minimum atomic E-state index is -4.48. The highest BCUT2D eigenvalue weighted by Gasteiger charge is 2.34. The SMILES string of the molecule is NS(=O)(=O)c1ccc(C2=CC(CO)(CO)C=C2c2ccc(C(F)(F)F)cc2)cn1. The first kappa shape index (κ1) is 21.2. The Balaban J connectivity index is 2.08. The summed E-state index contributed by atoms with van der Waals surface area (Å²) in [7, 11) is -3.99. The van der Waals surface area contributed by atoms with Crippen LogP contribution in [0.4, 0.5) is 13.2 Å². The van der Waals surface area contributed by atoms with Gasteiger partial charge in [0, 0.05) is 11.8 Å². The quantitative estimate of drug-likeness (QED) is 0.678. The number of allylic oxidation sites excluding steroid dienone is 2. The predicted molar refractivity (Wildman–Crippen MR) is 99.6 cm³/mol. The number of alkyl halides is 3. The number of halogens is 3. The lowest BCUT2D eigenvalue weighted by Crippen LogP contribution is -2.23. The Morgan fingerprint density at radius 3 is 1.86 bits per heavy atom. The van der Waals surface area contributed by atoms with Crippen molar-refractivity contribution in [3.63, 3.8) is 0 Å². The van der Waals surface area contributed by atoms with E-state index < -0.39 is 40.4 Å². The topological polar surface area (TPSA) is 114 Å². The summed E-state index contributed by atoms with van der Waals surface area (Å²) in [5.41, 5.74) is -0.0734. The van der Waals surface area contributed by atoms with Gasteiger partial charge < -0.3 is 10.2 Å². The molecule has 0 unspecified atom stereocenters. The molecule has 0 fully saturated rings. The van der Waals surface area contributed by atoms with Crippen molar-refractivity contribution in [2.45, 2.75) is 11.2 Å². The lowest BCUT2D eigenvalue weighted by atomic mass is 9.91. The van der Waals surface area contributed by atoms with Gasteiger partial charge in [0.05, 0.1) is 24.2 Å². The molecule has 3 rings (SSSR count). The highest BCUT2D eigenvalue weighted by molar-refractivity contribution is 7.89. The van der Waals surface area contributed by atoms with Crippen LogP contribution in [0.25, 0.3) is 11.1 Å². The first-order valence-corrected chi connectivity index (χ1v) is 9.88. The zero-order valence-corrected chi connectivity index (χ0v) is 15.7. The first-order valence-electron chi connectivity index (χ1n) is 8.34. The van der Waals surface area contributed by atoms with Crippen LogP contribution in [-0.4, -0.2) is 36.8 Å². The van der Waals surface area contributed by atoms with Gasteiger partial charge >= 0.3 is 6.18 Å². The molecule has 0 amide bonds. The van der Waals surface area contributed by atoms with Gasteiger partial charge in [-0.2, -0.15) is 13.2 Å². The van der Waals surface area contributed by atoms with E-state index in [1.165, 1.54) is 30.5 Å². The van der Waals surface area contributed by atoms with Crippen LogP contribution in [0.15, 0.2) is 59.8 Å². The van der Waals surface area contributed by atoms with E-state index in [2.05, 4.69) is 4.98 Å². The summed E-state index contributed by atoms with van der Waals surface area (Å²) in [5, 5.41) is 24.2. The fourth-order valence-electron chi connectivity index (χ4n) is 3.03. The average Bonchev–Trinajstić information content (AvgIpc) is 3.07. The highest BCUT2D eigenvalue weighted by Crippen LogP contribution is 2.44. The second-order valence-electron chi connectivity index (χ2n) is 6.67. The van der Waals surface area contributed by atoms with Gasteiger partial charge in [0.1, 0.15) is 0 Å². The number of nitrogens with zero attached hydrogens (tertiary/aromatic N) is 1. The number of nitrogens with two attached hydrogens (primary N) is 1. The number of hydrogen-bond donors (Lipinski definition) is 3. The summed E-state index contributed by atoms with van der Waals surface area (Å²) < 4.78 is 61.3. The molecule has 1 heterocycles. The number of pyridine rings is 1. The van der Waals surface area contributed by atoms with E-state index in [0.717, 1.165) is 12.1 Å². The van der Waals surface area contributed by atoms with E-state index in [4.69, 9.17) is 5.14 Å². The number of sulfonamides is 1. The maximum absolute atomic E-state index is 12.8. The molecule has 1 aliphatic rings. The van der Waals surface area contributed by atoms with Gasteiger partial charge in [0.25, 0.3) is 10.0 Å². The smallest absolute Gasteiger partial charge is 0.395 e. The van der Waals surface area contributed by atoms with Crippen LogP contribution in [0, 0.1) is 5.41 Å². The van der Waals surface area contributed by atoms with Crippen LogP contribution < -0.4 is 5.14 Å². The van der Waals surface area contributed by atoms with Gasteiger partial charge in [-0.05, 0) is 41.0 Å². The summed E-state index contributed by atoms with van der Waals surface area (Å²) in [6, 6.07) is 7.11. The van der Waals surface area contributed by atoms with Crippen LogP contribution >= 0.6 is 0 Å². The van der Waals surface area contributed by atoms with E-state index in [1.807, 2.05) is 0 Å². The standard InChI is InChI=1S/C19H17F3N2O4S/c20-19(21,22)14-4-1-12(2-5-14)15-7-18(10-25,11-26)8-16(15)13-3-6-17(24-9-13)29(23,27)28/h1-9,25-26H,10-11H2,(H2,23,27,28). The van der Waals surface area contributed by atoms with Crippen molar-refractivity contribution in [1.29, 1.82) is 0 Å². The molecule has 0 saturated heterocycles. The van der Waals surface area contributed by atoms with Crippen LogP contribution in [0.1, 0.15) is 16.7 Å². The first-order chi connectivity index (χ1) is 13.5. The third kappa shape index (κ3) is 4.25. The van der Waals surface area contributed by atoms with Crippen LogP contribution in [0.5, 0.6) is 0 Å². The number of primary sulfonamides is 1. The fourth-order valence-corrected chi connectivity index (χ4v) is 3.49. The molecule has 1 aromatic heterocycles. The van der Waals surface area contributed by atoms with Crippen molar-refractivity contribution in [3.05, 3.63) is 71.4 Å². The Morgan fingerprint density at radius 2 is 1.45 bits per heavy atom. The monoisotopic (exact) mass is 426 g/mol. The van der Waals surface area contributed by atoms with Crippen LogP contribution in [-0.2, 0) is 16.2 Å². The van der Waals surface area contributed by atoms with E-state index >= 15 is 0 Å². The number of hydrogen-bond acceptors (Lipinski definition) is 5. The maximum Gasteiger partial charge on any atom is 0.416 e. The molecule has 0 radical (unpaired) electrons. The summed E-state index contributed by atoms with van der Waals surface area (Å²) in [4.78, 5) is 3.81. The number of benzene rings is 1. The van der Waals surface area contributed by atoms with Crippen molar-refractivity contribution in [2.24, 2.45) is 10.6 Å². The number of aliphatic hydroxyl groups excluding tert-OH is 2. The Labute approximate surface area is 164 Å². The second-order valence-corrected chi connectivity index (χ2v) is 8.18. The molecule has 154 valence electrons. The lowest BCUT2D eigenvalue weighted by molar-refractivity contribution is -0.137. The molecule has 2 aromatic rings. The van der Waals surface area contributed by atoms with Gasteiger partial charge in [-0.15, -0.1) is 0 Å². The minimum absolute atomic E-state index is 0.338. The van der Waals surface area contributed by atoms with E-state index in [0.29, 0.717) is 22.3 Å². The van der Waals surface area contributed by atoms with Gasteiger partial charge in [-0.1, -0.05) is 24.3 Å². The third-order valence-corrected chi connectivity index (χ3v) is 5.43. The Kier molecular flexibility index (Phi) is 5.39. The molecule has 0 aliphatic heterocycles. The lowest BCUT2D eigenvalue weighted by Gasteiger charge is -2.18. The molecule has 10 heteroatoms. The van der Waals surface area contributed by atoms with Gasteiger partial charge in [-0.3, -0.25) is 0 Å². The largest absolute Gasteiger partial charge is 0.416 e. The average molecular weight is 426 g/mol. The molecule has 1 aliphatic carbocycles. The van der Waals surface area contributed by atoms with Crippen LogP contribution in [0.2, 0.25) is 0 Å².